The minimum Gasteiger partial charge on any atom is -0.258 e. The van der Waals surface area contributed by atoms with Crippen LogP contribution in [0.25, 0.3) is 0 Å². The molecular weight excluding hydrogens is 340 g/mol. The highest BCUT2D eigenvalue weighted by Gasteiger charge is 2.50. The van der Waals surface area contributed by atoms with Crippen LogP contribution in [0.1, 0.15) is 38.5 Å². The molecule has 1 aromatic carbocycles. The van der Waals surface area contributed by atoms with Gasteiger partial charge in [0, 0.05) is 11.5 Å². The summed E-state index contributed by atoms with van der Waals surface area (Å²) < 4.78 is 0. The van der Waals surface area contributed by atoms with Gasteiger partial charge in [0.2, 0.25) is 0 Å². The van der Waals surface area contributed by atoms with Crippen LogP contribution >= 0.6 is 11.8 Å². The summed E-state index contributed by atoms with van der Waals surface area (Å²) in [4.78, 5) is 21.2. The lowest BCUT2D eigenvalue weighted by atomic mass is 9.50. The minimum atomic E-state index is -0.622. The predicted molar refractivity (Wildman–Crippen MR) is 94.0 cm³/mol. The Morgan fingerprint density at radius 2 is 1.60 bits per heavy atom. The maximum absolute atomic E-state index is 11.2. The normalized spacial score (nSPS) is 32.1. The molecule has 130 valence electrons. The summed E-state index contributed by atoms with van der Waals surface area (Å²) in [5, 5.41) is 25.1. The Balaban J connectivity index is 1.55. The molecule has 4 bridgehead atoms. The third-order valence-electron chi connectivity index (χ3n) is 5.87. The highest BCUT2D eigenvalue weighted by Crippen LogP contribution is 2.59. The predicted octanol–water partition coefficient (Wildman–Crippen LogP) is 4.77. The molecule has 4 saturated carbocycles. The number of nitro benzene ring substituents is 2. The Hall–Kier alpha value is -2.07. The van der Waals surface area contributed by atoms with E-state index in [1.807, 2.05) is 0 Å². The molecule has 0 atom stereocenters. The lowest BCUT2D eigenvalue weighted by molar-refractivity contribution is -0.396. The summed E-state index contributed by atoms with van der Waals surface area (Å²) in [5.41, 5.74) is -0.429. The molecule has 1 aromatic rings. The van der Waals surface area contributed by atoms with Gasteiger partial charge in [0.1, 0.15) is 0 Å². The fraction of sp³-hybridized carbons (Fsp3) is 0.556. The molecule has 0 saturated heterocycles. The molecule has 0 unspecified atom stereocenters. The van der Waals surface area contributed by atoms with E-state index in [-0.39, 0.29) is 16.8 Å². The highest BCUT2D eigenvalue weighted by molar-refractivity contribution is 8.04. The Morgan fingerprint density at radius 1 is 1.00 bits per heavy atom. The summed E-state index contributed by atoms with van der Waals surface area (Å²) in [5.74, 6) is 5.85. The van der Waals surface area contributed by atoms with Gasteiger partial charge in [0.15, 0.2) is 0 Å². The molecule has 25 heavy (non-hydrogen) atoms. The second-order valence-electron chi connectivity index (χ2n) is 7.69. The zero-order valence-electron chi connectivity index (χ0n) is 13.6. The molecule has 7 heteroatoms. The van der Waals surface area contributed by atoms with Crippen molar-refractivity contribution in [1.29, 1.82) is 0 Å². The maximum atomic E-state index is 11.2. The summed E-state index contributed by atoms with van der Waals surface area (Å²) in [6.07, 6.45) is 7.53. The second kappa shape index (κ2) is 6.03. The molecule has 0 aromatic heterocycles. The van der Waals surface area contributed by atoms with Crippen LogP contribution in [0.15, 0.2) is 23.1 Å². The van der Waals surface area contributed by atoms with Gasteiger partial charge in [-0.15, -0.1) is 0 Å². The van der Waals surface area contributed by atoms with Gasteiger partial charge in [-0.1, -0.05) is 5.92 Å². The molecule has 0 N–H and O–H groups in total. The second-order valence-corrected chi connectivity index (χ2v) is 8.54. The number of nitro groups is 2. The SMILES string of the molecule is O=[N+]([O-])c1ccc(SC#CC23CC4CC(CC(C4)C2)C3)c([N+](=O)[O-])c1. The van der Waals surface area contributed by atoms with Crippen molar-refractivity contribution in [3.63, 3.8) is 0 Å². The van der Waals surface area contributed by atoms with Crippen LogP contribution in [0.3, 0.4) is 0 Å². The number of nitrogens with zero attached hydrogens (tertiary/aromatic N) is 2. The minimum absolute atomic E-state index is 0.0946. The van der Waals surface area contributed by atoms with Gasteiger partial charge < -0.3 is 0 Å². The van der Waals surface area contributed by atoms with Crippen LogP contribution in [0.5, 0.6) is 0 Å². The molecule has 0 radical (unpaired) electrons. The first kappa shape index (κ1) is 16.4. The third-order valence-corrected chi connectivity index (χ3v) is 6.63. The number of rotatable bonds is 3. The lowest BCUT2D eigenvalue weighted by Gasteiger charge is -2.54. The molecule has 4 fully saturated rings. The number of benzene rings is 1. The fourth-order valence-corrected chi connectivity index (χ4v) is 6.05. The van der Waals surface area contributed by atoms with E-state index < -0.39 is 9.85 Å². The van der Waals surface area contributed by atoms with E-state index >= 15 is 0 Å². The molecule has 4 aliphatic carbocycles. The smallest absolute Gasteiger partial charge is 0.258 e. The number of non-ortho nitro benzene ring substituents is 1. The molecule has 0 spiro atoms. The van der Waals surface area contributed by atoms with Crippen LogP contribution < -0.4 is 0 Å². The molecular formula is C18H18N2O4S. The zero-order chi connectivity index (χ0) is 17.6. The molecule has 0 amide bonds. The summed E-state index contributed by atoms with van der Waals surface area (Å²) in [6, 6.07) is 3.73. The Kier molecular flexibility index (Phi) is 3.95. The van der Waals surface area contributed by atoms with Crippen molar-refractivity contribution in [1.82, 2.24) is 0 Å². The van der Waals surface area contributed by atoms with Gasteiger partial charge in [-0.25, -0.2) is 0 Å². The Labute approximate surface area is 149 Å². The van der Waals surface area contributed by atoms with Crippen LogP contribution in [0.2, 0.25) is 0 Å². The van der Waals surface area contributed by atoms with Gasteiger partial charge in [0.05, 0.1) is 20.8 Å². The van der Waals surface area contributed by atoms with Crippen molar-refractivity contribution in [3.8, 4) is 11.2 Å². The Bertz CT molecular complexity index is 776. The highest BCUT2D eigenvalue weighted by atomic mass is 32.2. The van der Waals surface area contributed by atoms with E-state index in [9.17, 15) is 20.2 Å². The lowest BCUT2D eigenvalue weighted by Crippen LogP contribution is -2.45. The molecule has 6 nitrogen and oxygen atoms in total. The van der Waals surface area contributed by atoms with Crippen molar-refractivity contribution in [2.24, 2.45) is 23.2 Å². The quantitative estimate of drug-likeness (QED) is 0.336. The summed E-state index contributed by atoms with van der Waals surface area (Å²) in [6.45, 7) is 0. The number of thioether (sulfide) groups is 1. The third kappa shape index (κ3) is 3.11. The number of hydrogen-bond acceptors (Lipinski definition) is 5. The van der Waals surface area contributed by atoms with Gasteiger partial charge in [-0.3, -0.25) is 20.2 Å². The summed E-state index contributed by atoms with van der Waals surface area (Å²) >= 11 is 1.12. The van der Waals surface area contributed by atoms with E-state index in [1.165, 1.54) is 31.4 Å². The first-order chi connectivity index (χ1) is 11.9. The van der Waals surface area contributed by atoms with E-state index in [0.717, 1.165) is 54.8 Å². The standard InChI is InChI=1S/C18H18N2O4S/c21-19(22)15-1-2-17(16(8-15)20(23)24)25-4-3-18-9-12-5-13(10-18)7-14(6-12)11-18/h1-2,8,12-14H,5-7,9-11H2. The molecule has 0 heterocycles. The van der Waals surface area contributed by atoms with E-state index in [1.54, 1.807) is 0 Å². The van der Waals surface area contributed by atoms with Crippen LogP contribution in [0, 0.1) is 54.6 Å². The van der Waals surface area contributed by atoms with E-state index in [4.69, 9.17) is 0 Å². The molecule has 5 rings (SSSR count). The topological polar surface area (TPSA) is 86.3 Å². The van der Waals surface area contributed by atoms with Crippen molar-refractivity contribution < 1.29 is 9.85 Å². The van der Waals surface area contributed by atoms with Crippen LogP contribution in [-0.4, -0.2) is 9.85 Å². The van der Waals surface area contributed by atoms with Gasteiger partial charge >= 0.3 is 0 Å². The van der Waals surface area contributed by atoms with Crippen molar-refractivity contribution in [2.45, 2.75) is 43.4 Å². The zero-order valence-corrected chi connectivity index (χ0v) is 14.5. The monoisotopic (exact) mass is 358 g/mol. The first-order valence-electron chi connectivity index (χ1n) is 8.56. The first-order valence-corrected chi connectivity index (χ1v) is 9.38. The number of hydrogen-bond donors (Lipinski definition) is 0. The van der Waals surface area contributed by atoms with Crippen LogP contribution in [0.4, 0.5) is 11.4 Å². The van der Waals surface area contributed by atoms with Gasteiger partial charge in [0.25, 0.3) is 11.4 Å². The Morgan fingerprint density at radius 3 is 2.12 bits per heavy atom. The van der Waals surface area contributed by atoms with Crippen LogP contribution in [-0.2, 0) is 0 Å². The van der Waals surface area contributed by atoms with Crippen molar-refractivity contribution >= 4 is 23.1 Å². The molecule has 4 aliphatic rings. The largest absolute Gasteiger partial charge is 0.290 e. The van der Waals surface area contributed by atoms with Crippen molar-refractivity contribution in [2.75, 3.05) is 0 Å². The van der Waals surface area contributed by atoms with Crippen molar-refractivity contribution in [3.05, 3.63) is 38.4 Å². The van der Waals surface area contributed by atoms with Gasteiger partial charge in [-0.05, 0) is 79.4 Å². The van der Waals surface area contributed by atoms with E-state index in [0.29, 0.717) is 4.90 Å². The van der Waals surface area contributed by atoms with Gasteiger partial charge in [-0.2, -0.15) is 0 Å². The fourth-order valence-electron chi connectivity index (χ4n) is 5.30. The maximum Gasteiger partial charge on any atom is 0.290 e. The average Bonchev–Trinajstić information content (AvgIpc) is 2.53. The summed E-state index contributed by atoms with van der Waals surface area (Å²) in [7, 11) is 0. The average molecular weight is 358 g/mol. The molecule has 0 aliphatic heterocycles. The van der Waals surface area contributed by atoms with E-state index in [2.05, 4.69) is 11.2 Å².